The standard InChI is InChI=1S/C25H21F2N7O/c1-29-25(35)20-11-16-4-2-7-30-22(16)24(32-20)34-8-3-5-15-10-18(19(23(26)27)12-21(15)34)17-13-31-33(14-17)9-6-28/h2,4,7,10-14,23H,3,5,8-9H2,1H3,(H,29,35). The molecule has 0 unspecified atom stereocenters. The van der Waals surface area contributed by atoms with Crippen molar-refractivity contribution in [3.63, 3.8) is 0 Å². The fraction of sp³-hybridized carbons (Fsp3) is 0.240. The predicted octanol–water partition coefficient (Wildman–Crippen LogP) is 4.40. The van der Waals surface area contributed by atoms with Crippen molar-refractivity contribution in [1.82, 2.24) is 25.1 Å². The third-order valence-corrected chi connectivity index (χ3v) is 6.07. The lowest BCUT2D eigenvalue weighted by Crippen LogP contribution is -2.27. The molecule has 1 aliphatic heterocycles. The highest BCUT2D eigenvalue weighted by Gasteiger charge is 2.27. The molecule has 176 valence electrons. The molecule has 5 rings (SSSR count). The number of halogens is 2. The van der Waals surface area contributed by atoms with E-state index in [-0.39, 0.29) is 23.7 Å². The van der Waals surface area contributed by atoms with Gasteiger partial charge in [0.15, 0.2) is 5.82 Å². The maximum atomic E-state index is 14.3. The molecule has 8 nitrogen and oxygen atoms in total. The van der Waals surface area contributed by atoms with Crippen LogP contribution in [0.4, 0.5) is 20.3 Å². The van der Waals surface area contributed by atoms with Crippen molar-refractivity contribution in [3.8, 4) is 17.2 Å². The molecule has 4 aromatic rings. The molecule has 1 amide bonds. The first kappa shape index (κ1) is 22.4. The highest BCUT2D eigenvalue weighted by Crippen LogP contribution is 2.42. The van der Waals surface area contributed by atoms with E-state index in [1.54, 1.807) is 30.6 Å². The molecule has 0 aliphatic carbocycles. The number of hydrogen-bond acceptors (Lipinski definition) is 6. The molecule has 0 spiro atoms. The molecule has 1 N–H and O–H groups in total. The van der Waals surface area contributed by atoms with Crippen molar-refractivity contribution < 1.29 is 13.6 Å². The Kier molecular flexibility index (Phi) is 5.82. The summed E-state index contributed by atoms with van der Waals surface area (Å²) in [5, 5.41) is 16.3. The molecule has 0 fully saturated rings. The van der Waals surface area contributed by atoms with Crippen molar-refractivity contribution in [2.45, 2.75) is 25.8 Å². The van der Waals surface area contributed by atoms with Gasteiger partial charge in [-0.2, -0.15) is 10.4 Å². The molecule has 10 heteroatoms. The summed E-state index contributed by atoms with van der Waals surface area (Å²) in [4.78, 5) is 23.3. The first-order valence-corrected chi connectivity index (χ1v) is 11.1. The number of hydrogen-bond donors (Lipinski definition) is 1. The number of benzene rings is 1. The van der Waals surface area contributed by atoms with Gasteiger partial charge in [0, 0.05) is 48.2 Å². The van der Waals surface area contributed by atoms with Crippen molar-refractivity contribution in [1.29, 1.82) is 5.26 Å². The third-order valence-electron chi connectivity index (χ3n) is 6.07. The van der Waals surface area contributed by atoms with Gasteiger partial charge in [0.05, 0.1) is 12.3 Å². The molecular formula is C25H21F2N7O. The smallest absolute Gasteiger partial charge is 0.269 e. The van der Waals surface area contributed by atoms with E-state index in [9.17, 15) is 13.6 Å². The Morgan fingerprint density at radius 3 is 2.94 bits per heavy atom. The molecule has 0 atom stereocenters. The van der Waals surface area contributed by atoms with Crippen LogP contribution < -0.4 is 10.2 Å². The molecule has 1 aliphatic rings. The van der Waals surface area contributed by atoms with Crippen molar-refractivity contribution >= 4 is 28.3 Å². The predicted molar refractivity (Wildman–Crippen MR) is 126 cm³/mol. The molecule has 3 aromatic heterocycles. The summed E-state index contributed by atoms with van der Waals surface area (Å²) in [6, 6.07) is 10.6. The quantitative estimate of drug-likeness (QED) is 0.461. The van der Waals surface area contributed by atoms with Gasteiger partial charge >= 0.3 is 0 Å². The van der Waals surface area contributed by atoms with E-state index in [0.717, 1.165) is 17.4 Å². The van der Waals surface area contributed by atoms with Gasteiger partial charge in [-0.3, -0.25) is 14.5 Å². The van der Waals surface area contributed by atoms with Gasteiger partial charge < -0.3 is 10.2 Å². The topological polar surface area (TPSA) is 99.7 Å². The maximum Gasteiger partial charge on any atom is 0.269 e. The summed E-state index contributed by atoms with van der Waals surface area (Å²) in [7, 11) is 1.53. The van der Waals surface area contributed by atoms with Crippen LogP contribution in [0.2, 0.25) is 0 Å². The van der Waals surface area contributed by atoms with E-state index in [4.69, 9.17) is 5.26 Å². The zero-order chi connectivity index (χ0) is 24.5. The van der Waals surface area contributed by atoms with Crippen LogP contribution in [0.25, 0.3) is 22.0 Å². The number of aryl methyl sites for hydroxylation is 1. The van der Waals surface area contributed by atoms with Crippen molar-refractivity contribution in [2.75, 3.05) is 18.5 Å². The Morgan fingerprint density at radius 2 is 2.17 bits per heavy atom. The lowest BCUT2D eigenvalue weighted by molar-refractivity contribution is 0.0958. The Balaban J connectivity index is 1.68. The van der Waals surface area contributed by atoms with E-state index in [2.05, 4.69) is 20.4 Å². The Hall–Kier alpha value is -4.39. The number of rotatable bonds is 5. The largest absolute Gasteiger partial charge is 0.354 e. The number of nitriles is 1. The Bertz CT molecular complexity index is 1470. The number of nitrogens with zero attached hydrogens (tertiary/aromatic N) is 6. The number of aromatic nitrogens is 4. The molecule has 0 saturated heterocycles. The highest BCUT2D eigenvalue weighted by molar-refractivity contribution is 6.00. The third kappa shape index (κ3) is 4.05. The van der Waals surface area contributed by atoms with Crippen LogP contribution in [-0.4, -0.2) is 39.2 Å². The van der Waals surface area contributed by atoms with E-state index in [1.165, 1.54) is 24.0 Å². The molecule has 0 saturated carbocycles. The monoisotopic (exact) mass is 473 g/mol. The minimum atomic E-state index is -2.72. The van der Waals surface area contributed by atoms with Crippen LogP contribution >= 0.6 is 0 Å². The second kappa shape index (κ2) is 9.10. The van der Waals surface area contributed by atoms with Gasteiger partial charge in [0.25, 0.3) is 12.3 Å². The number of anilines is 2. The number of amides is 1. The van der Waals surface area contributed by atoms with E-state index >= 15 is 0 Å². The number of nitrogens with one attached hydrogen (secondary N) is 1. The second-order valence-electron chi connectivity index (χ2n) is 8.19. The minimum Gasteiger partial charge on any atom is -0.354 e. The number of fused-ring (bicyclic) bond motifs is 2. The van der Waals surface area contributed by atoms with Crippen LogP contribution in [0, 0.1) is 11.3 Å². The summed E-state index contributed by atoms with van der Waals surface area (Å²) in [6.45, 7) is 0.584. The van der Waals surface area contributed by atoms with Gasteiger partial charge in [-0.1, -0.05) is 6.07 Å². The number of pyridine rings is 2. The van der Waals surface area contributed by atoms with Crippen LogP contribution in [0.1, 0.15) is 34.5 Å². The van der Waals surface area contributed by atoms with Crippen LogP contribution in [0.15, 0.2) is 48.9 Å². The molecular weight excluding hydrogens is 452 g/mol. The van der Waals surface area contributed by atoms with Crippen LogP contribution in [0.5, 0.6) is 0 Å². The highest BCUT2D eigenvalue weighted by atomic mass is 19.3. The van der Waals surface area contributed by atoms with Crippen LogP contribution in [-0.2, 0) is 13.0 Å². The summed E-state index contributed by atoms with van der Waals surface area (Å²) in [5.74, 6) is 0.115. The first-order valence-electron chi connectivity index (χ1n) is 11.1. The molecule has 35 heavy (non-hydrogen) atoms. The van der Waals surface area contributed by atoms with E-state index in [1.807, 2.05) is 17.0 Å². The molecule has 0 bridgehead atoms. The Morgan fingerprint density at radius 1 is 1.31 bits per heavy atom. The first-order chi connectivity index (χ1) is 17.0. The maximum absolute atomic E-state index is 14.3. The minimum absolute atomic E-state index is 0.0378. The summed E-state index contributed by atoms with van der Waals surface area (Å²) >= 11 is 0. The van der Waals surface area contributed by atoms with E-state index in [0.29, 0.717) is 41.1 Å². The zero-order valence-corrected chi connectivity index (χ0v) is 18.9. The lowest BCUT2D eigenvalue weighted by atomic mass is 9.93. The van der Waals surface area contributed by atoms with Gasteiger partial charge in [0.1, 0.15) is 17.8 Å². The zero-order valence-electron chi connectivity index (χ0n) is 18.9. The van der Waals surface area contributed by atoms with Crippen molar-refractivity contribution in [3.05, 3.63) is 65.7 Å². The average Bonchev–Trinajstić information content (AvgIpc) is 3.35. The van der Waals surface area contributed by atoms with Gasteiger partial charge in [-0.25, -0.2) is 13.8 Å². The normalized spacial score (nSPS) is 13.1. The van der Waals surface area contributed by atoms with Gasteiger partial charge in [0.2, 0.25) is 0 Å². The molecule has 4 heterocycles. The van der Waals surface area contributed by atoms with Crippen molar-refractivity contribution in [2.24, 2.45) is 0 Å². The Labute approximate surface area is 199 Å². The number of carbonyl (C=O) groups excluding carboxylic acids is 1. The summed E-state index contributed by atoms with van der Waals surface area (Å²) in [5.41, 5.74) is 3.11. The van der Waals surface area contributed by atoms with E-state index < -0.39 is 6.43 Å². The lowest BCUT2D eigenvalue weighted by Gasteiger charge is -2.32. The number of alkyl halides is 2. The van der Waals surface area contributed by atoms with Gasteiger partial charge in [-0.15, -0.1) is 0 Å². The molecule has 0 radical (unpaired) electrons. The SMILES string of the molecule is CNC(=O)c1cc2cccnc2c(N2CCCc3cc(-c4cnn(CC#N)c4)c(C(F)F)cc32)n1. The number of carbonyl (C=O) groups is 1. The second-order valence-corrected chi connectivity index (χ2v) is 8.19. The molecule has 1 aromatic carbocycles. The fourth-order valence-corrected chi connectivity index (χ4v) is 4.46. The average molecular weight is 473 g/mol. The summed E-state index contributed by atoms with van der Waals surface area (Å²) in [6.07, 6.45) is 3.49. The summed E-state index contributed by atoms with van der Waals surface area (Å²) < 4.78 is 29.9. The van der Waals surface area contributed by atoms with Crippen LogP contribution in [0.3, 0.4) is 0 Å². The fourth-order valence-electron chi connectivity index (χ4n) is 4.46. The van der Waals surface area contributed by atoms with Gasteiger partial charge in [-0.05, 0) is 48.2 Å².